The second-order valence-corrected chi connectivity index (χ2v) is 4.81. The highest BCUT2D eigenvalue weighted by molar-refractivity contribution is 5.14. The van der Waals surface area contributed by atoms with Crippen molar-refractivity contribution in [2.24, 2.45) is 5.73 Å². The average Bonchev–Trinajstić information content (AvgIpc) is 2.30. The quantitative estimate of drug-likeness (QED) is 0.812. The molecule has 0 radical (unpaired) electrons. The van der Waals surface area contributed by atoms with E-state index in [1.54, 1.807) is 0 Å². The van der Waals surface area contributed by atoms with Crippen molar-refractivity contribution in [3.8, 4) is 0 Å². The SMILES string of the molecule is NC1CCCC(NCCc2ccccc2)C1. The van der Waals surface area contributed by atoms with Crippen LogP contribution in [0.25, 0.3) is 0 Å². The molecule has 2 heteroatoms. The summed E-state index contributed by atoms with van der Waals surface area (Å²) in [6, 6.07) is 11.7. The molecule has 16 heavy (non-hydrogen) atoms. The van der Waals surface area contributed by atoms with Crippen LogP contribution in [0.2, 0.25) is 0 Å². The first kappa shape index (κ1) is 11.6. The molecule has 88 valence electrons. The van der Waals surface area contributed by atoms with E-state index in [2.05, 4.69) is 35.6 Å². The van der Waals surface area contributed by atoms with Crippen molar-refractivity contribution in [2.75, 3.05) is 6.54 Å². The van der Waals surface area contributed by atoms with E-state index in [4.69, 9.17) is 5.73 Å². The van der Waals surface area contributed by atoms with Crippen molar-refractivity contribution in [1.82, 2.24) is 5.32 Å². The van der Waals surface area contributed by atoms with Gasteiger partial charge in [-0.05, 0) is 37.8 Å². The average molecular weight is 218 g/mol. The molecule has 0 bridgehead atoms. The molecular formula is C14H22N2. The Morgan fingerprint density at radius 2 is 2.00 bits per heavy atom. The van der Waals surface area contributed by atoms with Gasteiger partial charge in [0.15, 0.2) is 0 Å². The van der Waals surface area contributed by atoms with Gasteiger partial charge in [0.2, 0.25) is 0 Å². The van der Waals surface area contributed by atoms with Crippen LogP contribution in [0.15, 0.2) is 30.3 Å². The molecular weight excluding hydrogens is 196 g/mol. The number of nitrogens with two attached hydrogens (primary N) is 1. The molecule has 2 unspecified atom stereocenters. The van der Waals surface area contributed by atoms with Gasteiger partial charge in [0.1, 0.15) is 0 Å². The van der Waals surface area contributed by atoms with Crippen LogP contribution >= 0.6 is 0 Å². The van der Waals surface area contributed by atoms with E-state index >= 15 is 0 Å². The highest BCUT2D eigenvalue weighted by atomic mass is 14.9. The second kappa shape index (κ2) is 6.02. The molecule has 0 spiro atoms. The number of hydrogen-bond donors (Lipinski definition) is 2. The third-order valence-electron chi connectivity index (χ3n) is 3.40. The topological polar surface area (TPSA) is 38.0 Å². The van der Waals surface area contributed by atoms with Crippen LogP contribution in [0, 0.1) is 0 Å². The van der Waals surface area contributed by atoms with Crippen LogP contribution < -0.4 is 11.1 Å². The minimum Gasteiger partial charge on any atom is -0.328 e. The smallest absolute Gasteiger partial charge is 0.00819 e. The zero-order valence-electron chi connectivity index (χ0n) is 9.86. The summed E-state index contributed by atoms with van der Waals surface area (Å²) in [4.78, 5) is 0. The summed E-state index contributed by atoms with van der Waals surface area (Å²) in [5.41, 5.74) is 7.38. The molecule has 1 aliphatic rings. The molecule has 2 rings (SSSR count). The molecule has 2 atom stereocenters. The number of nitrogens with one attached hydrogen (secondary N) is 1. The second-order valence-electron chi connectivity index (χ2n) is 4.81. The number of benzene rings is 1. The van der Waals surface area contributed by atoms with Crippen LogP contribution in [0.1, 0.15) is 31.2 Å². The molecule has 0 aromatic heterocycles. The molecule has 1 saturated carbocycles. The lowest BCUT2D eigenvalue weighted by atomic mass is 9.91. The van der Waals surface area contributed by atoms with Gasteiger partial charge in [-0.15, -0.1) is 0 Å². The summed E-state index contributed by atoms with van der Waals surface area (Å²) in [7, 11) is 0. The van der Waals surface area contributed by atoms with E-state index in [-0.39, 0.29) is 0 Å². The maximum absolute atomic E-state index is 5.97. The van der Waals surface area contributed by atoms with E-state index in [1.807, 2.05) is 0 Å². The fourth-order valence-corrected chi connectivity index (χ4v) is 2.48. The molecule has 1 aromatic rings. The molecule has 1 fully saturated rings. The molecule has 3 N–H and O–H groups in total. The van der Waals surface area contributed by atoms with Crippen molar-refractivity contribution in [2.45, 2.75) is 44.2 Å². The van der Waals surface area contributed by atoms with Crippen LogP contribution in [0.5, 0.6) is 0 Å². The highest BCUT2D eigenvalue weighted by Crippen LogP contribution is 2.16. The molecule has 1 aromatic carbocycles. The first-order valence-corrected chi connectivity index (χ1v) is 6.37. The van der Waals surface area contributed by atoms with Gasteiger partial charge in [0.05, 0.1) is 0 Å². The Bertz CT molecular complexity index is 297. The van der Waals surface area contributed by atoms with Crippen molar-refractivity contribution < 1.29 is 0 Å². The Balaban J connectivity index is 1.68. The van der Waals surface area contributed by atoms with E-state index in [9.17, 15) is 0 Å². The van der Waals surface area contributed by atoms with Crippen LogP contribution in [0.3, 0.4) is 0 Å². The van der Waals surface area contributed by atoms with Gasteiger partial charge in [0.25, 0.3) is 0 Å². The zero-order chi connectivity index (χ0) is 11.2. The first-order valence-electron chi connectivity index (χ1n) is 6.37. The van der Waals surface area contributed by atoms with Crippen LogP contribution in [-0.2, 0) is 6.42 Å². The minimum absolute atomic E-state index is 0.419. The predicted octanol–water partition coefficient (Wildman–Crippen LogP) is 2.09. The van der Waals surface area contributed by atoms with Crippen molar-refractivity contribution in [3.63, 3.8) is 0 Å². The normalized spacial score (nSPS) is 25.6. The highest BCUT2D eigenvalue weighted by Gasteiger charge is 2.17. The predicted molar refractivity (Wildman–Crippen MR) is 68.4 cm³/mol. The molecule has 0 saturated heterocycles. The summed E-state index contributed by atoms with van der Waals surface area (Å²) >= 11 is 0. The van der Waals surface area contributed by atoms with E-state index in [0.29, 0.717) is 12.1 Å². The number of rotatable bonds is 4. The van der Waals surface area contributed by atoms with Gasteiger partial charge >= 0.3 is 0 Å². The van der Waals surface area contributed by atoms with Crippen molar-refractivity contribution in [1.29, 1.82) is 0 Å². The lowest BCUT2D eigenvalue weighted by Gasteiger charge is -2.27. The van der Waals surface area contributed by atoms with Crippen molar-refractivity contribution in [3.05, 3.63) is 35.9 Å². The Hall–Kier alpha value is -0.860. The summed E-state index contributed by atoms with van der Waals surface area (Å²) < 4.78 is 0. The monoisotopic (exact) mass is 218 g/mol. The van der Waals surface area contributed by atoms with E-state index in [1.165, 1.54) is 24.8 Å². The Morgan fingerprint density at radius 1 is 1.19 bits per heavy atom. The number of hydrogen-bond acceptors (Lipinski definition) is 2. The summed E-state index contributed by atoms with van der Waals surface area (Å²) in [6.45, 7) is 1.07. The summed E-state index contributed by atoms with van der Waals surface area (Å²) in [5, 5.41) is 3.62. The van der Waals surface area contributed by atoms with E-state index in [0.717, 1.165) is 19.4 Å². The molecule has 0 aliphatic heterocycles. The summed E-state index contributed by atoms with van der Waals surface area (Å²) in [5.74, 6) is 0. The van der Waals surface area contributed by atoms with Gasteiger partial charge in [-0.2, -0.15) is 0 Å². The van der Waals surface area contributed by atoms with Crippen molar-refractivity contribution >= 4 is 0 Å². The van der Waals surface area contributed by atoms with Crippen LogP contribution in [0.4, 0.5) is 0 Å². The van der Waals surface area contributed by atoms with Gasteiger partial charge in [0, 0.05) is 12.1 Å². The maximum Gasteiger partial charge on any atom is 0.00819 e. The standard InChI is InChI=1S/C14H22N2/c15-13-7-4-8-14(11-13)16-10-9-12-5-2-1-3-6-12/h1-3,5-6,13-14,16H,4,7-11,15H2. The van der Waals surface area contributed by atoms with Gasteiger partial charge < -0.3 is 11.1 Å². The molecule has 0 amide bonds. The zero-order valence-corrected chi connectivity index (χ0v) is 9.86. The third-order valence-corrected chi connectivity index (χ3v) is 3.40. The molecule has 1 aliphatic carbocycles. The Morgan fingerprint density at radius 3 is 2.75 bits per heavy atom. The third kappa shape index (κ3) is 3.62. The molecule has 0 heterocycles. The fourth-order valence-electron chi connectivity index (χ4n) is 2.48. The Kier molecular flexibility index (Phi) is 4.37. The van der Waals surface area contributed by atoms with Gasteiger partial charge in [-0.1, -0.05) is 36.8 Å². The molecule has 2 nitrogen and oxygen atoms in total. The van der Waals surface area contributed by atoms with Gasteiger partial charge in [-0.25, -0.2) is 0 Å². The maximum atomic E-state index is 5.97. The largest absolute Gasteiger partial charge is 0.328 e. The minimum atomic E-state index is 0.419. The fraction of sp³-hybridized carbons (Fsp3) is 0.571. The lowest BCUT2D eigenvalue weighted by molar-refractivity contribution is 0.341. The lowest BCUT2D eigenvalue weighted by Crippen LogP contribution is -2.40. The van der Waals surface area contributed by atoms with Crippen LogP contribution in [-0.4, -0.2) is 18.6 Å². The Labute approximate surface area is 98.2 Å². The van der Waals surface area contributed by atoms with E-state index < -0.39 is 0 Å². The first-order chi connectivity index (χ1) is 7.84. The van der Waals surface area contributed by atoms with Gasteiger partial charge in [-0.3, -0.25) is 0 Å². The summed E-state index contributed by atoms with van der Waals surface area (Å²) in [6.07, 6.45) is 6.05.